The van der Waals surface area contributed by atoms with Crippen LogP contribution in [0.5, 0.6) is 5.75 Å². The first-order chi connectivity index (χ1) is 11.2. The van der Waals surface area contributed by atoms with Crippen molar-refractivity contribution in [1.29, 1.82) is 0 Å². The van der Waals surface area contributed by atoms with E-state index in [0.717, 1.165) is 4.68 Å². The Morgan fingerprint density at radius 1 is 1.21 bits per heavy atom. The molecule has 0 amide bonds. The number of hydrogen-bond acceptors (Lipinski definition) is 3. The highest BCUT2D eigenvalue weighted by Gasteiger charge is 2.51. The van der Waals surface area contributed by atoms with Gasteiger partial charge in [0.1, 0.15) is 11.9 Å². The first kappa shape index (κ1) is 16.7. The Labute approximate surface area is 133 Å². The number of aliphatic hydroxyl groups is 1. The topological polar surface area (TPSA) is 47.3 Å². The van der Waals surface area contributed by atoms with E-state index in [0.29, 0.717) is 11.3 Å². The fourth-order valence-corrected chi connectivity index (χ4v) is 2.78. The number of aromatic nitrogens is 2. The van der Waals surface area contributed by atoms with Gasteiger partial charge >= 0.3 is 6.18 Å². The number of benzene rings is 1. The molecule has 24 heavy (non-hydrogen) atoms. The smallest absolute Gasteiger partial charge is 0.435 e. The molecule has 0 radical (unpaired) electrons. The third-order valence-electron chi connectivity index (χ3n) is 3.93. The van der Waals surface area contributed by atoms with Crippen molar-refractivity contribution < 1.29 is 31.8 Å². The van der Waals surface area contributed by atoms with Crippen molar-refractivity contribution in [3.8, 4) is 5.75 Å². The summed E-state index contributed by atoms with van der Waals surface area (Å²) >= 11 is 0. The van der Waals surface area contributed by atoms with E-state index in [1.165, 1.54) is 7.11 Å². The lowest BCUT2D eigenvalue weighted by Crippen LogP contribution is -2.17. The molecule has 4 nitrogen and oxygen atoms in total. The van der Waals surface area contributed by atoms with E-state index in [1.54, 1.807) is 24.3 Å². The Bertz CT molecular complexity index is 742. The Hall–Kier alpha value is -2.16. The van der Waals surface area contributed by atoms with E-state index >= 15 is 0 Å². The average molecular weight is 348 g/mol. The molecule has 0 spiro atoms. The van der Waals surface area contributed by atoms with Gasteiger partial charge in [0.15, 0.2) is 18.0 Å². The highest BCUT2D eigenvalue weighted by atomic mass is 19.4. The van der Waals surface area contributed by atoms with Gasteiger partial charge in [-0.2, -0.15) is 18.3 Å². The summed E-state index contributed by atoms with van der Waals surface area (Å²) in [5, 5.41) is 13.0. The molecule has 1 aromatic carbocycles. The molecule has 9 heteroatoms. The number of aliphatic hydroxyl groups excluding tert-OH is 1. The summed E-state index contributed by atoms with van der Waals surface area (Å²) in [5.74, 6) is 0.544. The normalized spacial score (nSPS) is 23.4. The van der Waals surface area contributed by atoms with Crippen molar-refractivity contribution >= 4 is 0 Å². The van der Waals surface area contributed by atoms with Crippen molar-refractivity contribution in [3.05, 3.63) is 46.8 Å². The Morgan fingerprint density at radius 3 is 2.38 bits per heavy atom. The van der Waals surface area contributed by atoms with E-state index < -0.39 is 41.6 Å². The van der Waals surface area contributed by atoms with Crippen molar-refractivity contribution in [2.45, 2.75) is 31.2 Å². The van der Waals surface area contributed by atoms with Crippen LogP contribution in [0, 0.1) is 0 Å². The summed E-state index contributed by atoms with van der Waals surface area (Å²) < 4.78 is 72.7. The first-order valence-electron chi connectivity index (χ1n) is 7.01. The van der Waals surface area contributed by atoms with Gasteiger partial charge in [0, 0.05) is 5.56 Å². The second-order valence-corrected chi connectivity index (χ2v) is 5.44. The largest absolute Gasteiger partial charge is 0.497 e. The fourth-order valence-electron chi connectivity index (χ4n) is 2.78. The molecular formula is C15H13F5N2O2. The molecule has 1 heterocycles. The molecule has 1 aromatic heterocycles. The highest BCUT2D eigenvalue weighted by molar-refractivity contribution is 5.39. The van der Waals surface area contributed by atoms with Gasteiger partial charge in [-0.25, -0.2) is 8.78 Å². The van der Waals surface area contributed by atoms with Gasteiger partial charge in [-0.1, -0.05) is 12.1 Å². The summed E-state index contributed by atoms with van der Waals surface area (Å²) in [6.07, 6.45) is -11.9. The van der Waals surface area contributed by atoms with Gasteiger partial charge in [-0.05, 0) is 17.7 Å². The molecule has 0 unspecified atom stereocenters. The van der Waals surface area contributed by atoms with Gasteiger partial charge in [0.05, 0.1) is 19.3 Å². The lowest BCUT2D eigenvalue weighted by Gasteiger charge is -2.12. The summed E-state index contributed by atoms with van der Waals surface area (Å²) in [6.45, 7) is -0.192. The minimum atomic E-state index is -4.92. The third kappa shape index (κ3) is 2.62. The minimum absolute atomic E-state index is 0.192. The molecule has 0 saturated heterocycles. The Balaban J connectivity index is 2.04. The van der Waals surface area contributed by atoms with Crippen LogP contribution in [0.3, 0.4) is 0 Å². The number of methoxy groups -OCH3 is 1. The van der Waals surface area contributed by atoms with Crippen molar-refractivity contribution in [2.24, 2.45) is 0 Å². The molecule has 1 aliphatic carbocycles. The van der Waals surface area contributed by atoms with Gasteiger partial charge in [-0.15, -0.1) is 0 Å². The zero-order valence-electron chi connectivity index (χ0n) is 12.4. The van der Waals surface area contributed by atoms with Crippen LogP contribution >= 0.6 is 0 Å². The maximum atomic E-state index is 14.1. The van der Waals surface area contributed by atoms with Crippen LogP contribution in [-0.4, -0.2) is 28.2 Å². The lowest BCUT2D eigenvalue weighted by atomic mass is 10.1. The molecule has 2 aromatic rings. The van der Waals surface area contributed by atoms with Crippen LogP contribution < -0.4 is 4.74 Å². The number of nitrogens with zero attached hydrogens (tertiary/aromatic N) is 2. The van der Waals surface area contributed by atoms with Crippen LogP contribution in [0.15, 0.2) is 24.3 Å². The monoisotopic (exact) mass is 348 g/mol. The van der Waals surface area contributed by atoms with Gasteiger partial charge in [-0.3, -0.25) is 4.68 Å². The van der Waals surface area contributed by atoms with E-state index in [4.69, 9.17) is 4.74 Å². The van der Waals surface area contributed by atoms with Crippen LogP contribution in [0.2, 0.25) is 0 Å². The quantitative estimate of drug-likeness (QED) is 0.866. The van der Waals surface area contributed by atoms with Crippen LogP contribution in [-0.2, 0) is 12.7 Å². The summed E-state index contributed by atoms with van der Waals surface area (Å²) in [7, 11) is 1.46. The second-order valence-electron chi connectivity index (χ2n) is 5.44. The predicted octanol–water partition coefficient (Wildman–Crippen LogP) is 3.35. The SMILES string of the molecule is COc1ccc(Cn2nc(C(F)(F)F)c3c2[C@@H](F)[C@@H](F)[C@H]3O)cc1. The average Bonchev–Trinajstić information content (AvgIpc) is 3.01. The molecule has 1 N–H and O–H groups in total. The molecule has 0 fully saturated rings. The van der Waals surface area contributed by atoms with Crippen molar-refractivity contribution in [1.82, 2.24) is 9.78 Å². The number of ether oxygens (including phenoxy) is 1. The fraction of sp³-hybridized carbons (Fsp3) is 0.400. The standard InChI is InChI=1S/C15H13F5N2O2/c1-24-8-4-2-7(3-5-8)6-22-12-9(13(23)11(17)10(12)16)14(21-22)15(18,19)20/h2-5,10-11,13,23H,6H2,1H3/t10-,11+,13-/m0/s1. The minimum Gasteiger partial charge on any atom is -0.497 e. The number of fused-ring (bicyclic) bond motifs is 1. The highest BCUT2D eigenvalue weighted by Crippen LogP contribution is 2.48. The van der Waals surface area contributed by atoms with E-state index in [1.807, 2.05) is 0 Å². The van der Waals surface area contributed by atoms with Crippen molar-refractivity contribution in [2.75, 3.05) is 7.11 Å². The van der Waals surface area contributed by atoms with E-state index in [9.17, 15) is 27.1 Å². The zero-order valence-corrected chi connectivity index (χ0v) is 12.4. The molecule has 0 saturated carbocycles. The maximum absolute atomic E-state index is 14.1. The van der Waals surface area contributed by atoms with Crippen molar-refractivity contribution in [3.63, 3.8) is 0 Å². The van der Waals surface area contributed by atoms with Gasteiger partial charge in [0.2, 0.25) is 0 Å². The van der Waals surface area contributed by atoms with Gasteiger partial charge < -0.3 is 9.84 Å². The molecule has 0 aliphatic heterocycles. The molecule has 3 rings (SSSR count). The summed E-state index contributed by atoms with van der Waals surface area (Å²) in [4.78, 5) is 0. The summed E-state index contributed by atoms with van der Waals surface area (Å²) in [6, 6.07) is 6.32. The summed E-state index contributed by atoms with van der Waals surface area (Å²) in [5.41, 5.74) is -2.32. The maximum Gasteiger partial charge on any atom is 0.435 e. The van der Waals surface area contributed by atoms with E-state index in [-0.39, 0.29) is 6.54 Å². The number of rotatable bonds is 3. The molecule has 0 bridgehead atoms. The second kappa shape index (κ2) is 5.73. The van der Waals surface area contributed by atoms with Crippen LogP contribution in [0.4, 0.5) is 22.0 Å². The number of hydrogen-bond donors (Lipinski definition) is 1. The van der Waals surface area contributed by atoms with Crippen LogP contribution in [0.25, 0.3) is 0 Å². The molecule has 3 atom stereocenters. The zero-order chi connectivity index (χ0) is 17.6. The molecule has 1 aliphatic rings. The third-order valence-corrected chi connectivity index (χ3v) is 3.93. The van der Waals surface area contributed by atoms with Gasteiger partial charge in [0.25, 0.3) is 0 Å². The number of alkyl halides is 5. The Morgan fingerprint density at radius 2 is 1.83 bits per heavy atom. The van der Waals surface area contributed by atoms with E-state index in [2.05, 4.69) is 5.10 Å². The molecular weight excluding hydrogens is 335 g/mol. The first-order valence-corrected chi connectivity index (χ1v) is 7.01. The number of halogens is 5. The lowest BCUT2D eigenvalue weighted by molar-refractivity contribution is -0.143. The Kier molecular flexibility index (Phi) is 3.98. The molecule has 130 valence electrons. The van der Waals surface area contributed by atoms with Crippen LogP contribution in [0.1, 0.15) is 34.8 Å². The predicted molar refractivity (Wildman–Crippen MR) is 73.0 cm³/mol.